The Morgan fingerprint density at radius 3 is 2.50 bits per heavy atom. The van der Waals surface area contributed by atoms with Crippen LogP contribution in [0.15, 0.2) is 30.3 Å². The summed E-state index contributed by atoms with van der Waals surface area (Å²) in [5.41, 5.74) is 1.62. The topological polar surface area (TPSA) is 124 Å². The summed E-state index contributed by atoms with van der Waals surface area (Å²) in [6, 6.07) is 9.65. The number of imidazole rings is 1. The molecule has 1 aliphatic carbocycles. The van der Waals surface area contributed by atoms with Crippen LogP contribution in [0.1, 0.15) is 36.3 Å². The maximum Gasteiger partial charge on any atom is 0.371 e. The van der Waals surface area contributed by atoms with Gasteiger partial charge in [-0.15, -0.1) is 0 Å². The molecule has 0 unspecified atom stereocenters. The van der Waals surface area contributed by atoms with Crippen molar-refractivity contribution in [2.75, 3.05) is 5.32 Å². The number of carboxylic acid groups (broad SMARTS) is 1. The lowest BCUT2D eigenvalue weighted by molar-refractivity contribution is 0.0685. The molecule has 3 aromatic rings. The number of fused-ring (bicyclic) bond motifs is 1. The Morgan fingerprint density at radius 1 is 1.08 bits per heavy atom. The molecular formula is C18H19N5O3. The highest BCUT2D eigenvalue weighted by molar-refractivity contribution is 5.92. The molecule has 8 heteroatoms. The van der Waals surface area contributed by atoms with Crippen LogP contribution in [0.25, 0.3) is 22.6 Å². The smallest absolute Gasteiger partial charge is 0.371 e. The summed E-state index contributed by atoms with van der Waals surface area (Å²) in [4.78, 5) is 27.2. The van der Waals surface area contributed by atoms with E-state index in [1.54, 1.807) is 0 Å². The molecule has 8 nitrogen and oxygen atoms in total. The van der Waals surface area contributed by atoms with Crippen molar-refractivity contribution in [3.63, 3.8) is 0 Å². The second kappa shape index (κ2) is 6.72. The van der Waals surface area contributed by atoms with Crippen molar-refractivity contribution in [2.24, 2.45) is 0 Å². The van der Waals surface area contributed by atoms with Gasteiger partial charge in [0.15, 0.2) is 17.3 Å². The number of aliphatic hydroxyl groups excluding tert-OH is 1. The van der Waals surface area contributed by atoms with Crippen LogP contribution in [0.3, 0.4) is 0 Å². The zero-order valence-corrected chi connectivity index (χ0v) is 14.0. The van der Waals surface area contributed by atoms with Gasteiger partial charge in [0.25, 0.3) is 0 Å². The Kier molecular flexibility index (Phi) is 4.26. The lowest BCUT2D eigenvalue weighted by atomic mass is 9.93. The van der Waals surface area contributed by atoms with E-state index in [2.05, 4.69) is 25.3 Å². The summed E-state index contributed by atoms with van der Waals surface area (Å²) in [6.45, 7) is 0. The highest BCUT2D eigenvalue weighted by atomic mass is 16.4. The fourth-order valence-electron chi connectivity index (χ4n) is 3.23. The standard InChI is InChI=1S/C18H19N5O3/c24-12-8-6-11(7-9-12)19-15-13-16(23-17(20-13)18(25)26)22-14(21-15)10-4-2-1-3-5-10/h1-5,11-12,24H,6-9H2,(H,25,26)(H2,19,20,21,22,23). The van der Waals surface area contributed by atoms with Gasteiger partial charge in [-0.1, -0.05) is 30.3 Å². The summed E-state index contributed by atoms with van der Waals surface area (Å²) in [5, 5.41) is 22.3. The molecule has 26 heavy (non-hydrogen) atoms. The molecule has 0 saturated heterocycles. The molecule has 2 heterocycles. The van der Waals surface area contributed by atoms with E-state index in [4.69, 9.17) is 0 Å². The Balaban J connectivity index is 1.76. The summed E-state index contributed by atoms with van der Waals surface area (Å²) in [7, 11) is 0. The number of H-pyrrole nitrogens is 1. The van der Waals surface area contributed by atoms with E-state index >= 15 is 0 Å². The van der Waals surface area contributed by atoms with Crippen molar-refractivity contribution in [1.82, 2.24) is 19.9 Å². The van der Waals surface area contributed by atoms with Crippen LogP contribution in [0.4, 0.5) is 5.82 Å². The van der Waals surface area contributed by atoms with E-state index in [1.807, 2.05) is 30.3 Å². The number of aromatic nitrogens is 4. The van der Waals surface area contributed by atoms with Gasteiger partial charge in [0.1, 0.15) is 5.52 Å². The number of nitrogens with zero attached hydrogens (tertiary/aromatic N) is 3. The molecule has 0 atom stereocenters. The monoisotopic (exact) mass is 353 g/mol. The Labute approximate surface area is 149 Å². The first-order chi connectivity index (χ1) is 12.6. The zero-order valence-electron chi connectivity index (χ0n) is 14.0. The van der Waals surface area contributed by atoms with Crippen LogP contribution < -0.4 is 5.32 Å². The van der Waals surface area contributed by atoms with Crippen molar-refractivity contribution >= 4 is 23.0 Å². The molecule has 1 aromatic carbocycles. The molecule has 2 aromatic heterocycles. The number of carbonyl (C=O) groups is 1. The lowest BCUT2D eigenvalue weighted by Crippen LogP contribution is -2.28. The van der Waals surface area contributed by atoms with E-state index in [1.165, 1.54) is 0 Å². The molecule has 0 spiro atoms. The largest absolute Gasteiger partial charge is 0.475 e. The first-order valence-corrected chi connectivity index (χ1v) is 8.61. The van der Waals surface area contributed by atoms with Crippen LogP contribution in [-0.2, 0) is 0 Å². The van der Waals surface area contributed by atoms with Gasteiger partial charge in [0.2, 0.25) is 5.82 Å². The van der Waals surface area contributed by atoms with E-state index in [0.29, 0.717) is 22.8 Å². The minimum absolute atomic E-state index is 0.164. The van der Waals surface area contributed by atoms with Crippen LogP contribution in [0.2, 0.25) is 0 Å². The molecule has 134 valence electrons. The third kappa shape index (κ3) is 3.23. The number of nitrogens with one attached hydrogen (secondary N) is 2. The Morgan fingerprint density at radius 2 is 1.81 bits per heavy atom. The lowest BCUT2D eigenvalue weighted by Gasteiger charge is -2.26. The maximum atomic E-state index is 11.3. The minimum Gasteiger partial charge on any atom is -0.475 e. The summed E-state index contributed by atoms with van der Waals surface area (Å²) < 4.78 is 0. The number of anilines is 1. The molecule has 0 aliphatic heterocycles. The van der Waals surface area contributed by atoms with Crippen molar-refractivity contribution in [3.8, 4) is 11.4 Å². The van der Waals surface area contributed by atoms with E-state index in [-0.39, 0.29) is 18.0 Å². The molecule has 0 bridgehead atoms. The number of aliphatic hydroxyl groups is 1. The first kappa shape index (κ1) is 16.5. The molecule has 1 fully saturated rings. The summed E-state index contributed by atoms with van der Waals surface area (Å²) >= 11 is 0. The number of carboxylic acids is 1. The van der Waals surface area contributed by atoms with Crippen LogP contribution in [0, 0.1) is 0 Å². The molecule has 0 radical (unpaired) electrons. The molecule has 1 saturated carbocycles. The normalized spacial score (nSPS) is 20.2. The predicted octanol–water partition coefficient (Wildman–Crippen LogP) is 2.43. The van der Waals surface area contributed by atoms with E-state index in [0.717, 1.165) is 31.2 Å². The van der Waals surface area contributed by atoms with Gasteiger partial charge in [0.05, 0.1) is 6.10 Å². The zero-order chi connectivity index (χ0) is 18.1. The van der Waals surface area contributed by atoms with Crippen molar-refractivity contribution in [3.05, 3.63) is 36.2 Å². The number of benzene rings is 1. The average Bonchev–Trinajstić information content (AvgIpc) is 3.09. The minimum atomic E-state index is -1.14. The number of hydrogen-bond donors (Lipinski definition) is 4. The van der Waals surface area contributed by atoms with E-state index in [9.17, 15) is 15.0 Å². The Bertz CT molecular complexity index is 933. The molecule has 4 N–H and O–H groups in total. The molecular weight excluding hydrogens is 334 g/mol. The van der Waals surface area contributed by atoms with Crippen LogP contribution in [0.5, 0.6) is 0 Å². The number of aromatic carboxylic acids is 1. The van der Waals surface area contributed by atoms with Crippen LogP contribution in [-0.4, -0.2) is 48.3 Å². The van der Waals surface area contributed by atoms with Gasteiger partial charge in [-0.25, -0.2) is 19.7 Å². The number of hydrogen-bond acceptors (Lipinski definition) is 6. The third-order valence-corrected chi connectivity index (χ3v) is 4.62. The number of rotatable bonds is 4. The second-order valence-corrected chi connectivity index (χ2v) is 6.50. The van der Waals surface area contributed by atoms with E-state index < -0.39 is 5.97 Å². The van der Waals surface area contributed by atoms with Crippen molar-refractivity contribution in [1.29, 1.82) is 0 Å². The highest BCUT2D eigenvalue weighted by Gasteiger charge is 2.22. The SMILES string of the molecule is O=C(O)c1nc2nc(-c3ccccc3)nc(NC3CCC(O)CC3)c2[nH]1. The molecule has 4 rings (SSSR count). The quantitative estimate of drug-likeness (QED) is 0.568. The van der Waals surface area contributed by atoms with Crippen LogP contribution >= 0.6 is 0 Å². The maximum absolute atomic E-state index is 11.3. The van der Waals surface area contributed by atoms with Gasteiger partial charge >= 0.3 is 5.97 Å². The van der Waals surface area contributed by atoms with Gasteiger partial charge in [-0.2, -0.15) is 0 Å². The van der Waals surface area contributed by atoms with Gasteiger partial charge < -0.3 is 20.5 Å². The van der Waals surface area contributed by atoms with Gasteiger partial charge in [-0.05, 0) is 25.7 Å². The third-order valence-electron chi connectivity index (χ3n) is 4.62. The second-order valence-electron chi connectivity index (χ2n) is 6.50. The number of aromatic amines is 1. The van der Waals surface area contributed by atoms with Gasteiger partial charge in [-0.3, -0.25) is 0 Å². The highest BCUT2D eigenvalue weighted by Crippen LogP contribution is 2.27. The molecule has 0 amide bonds. The van der Waals surface area contributed by atoms with Crippen molar-refractivity contribution < 1.29 is 15.0 Å². The average molecular weight is 353 g/mol. The fourth-order valence-corrected chi connectivity index (χ4v) is 3.23. The molecule has 1 aliphatic rings. The predicted molar refractivity (Wildman–Crippen MR) is 96.0 cm³/mol. The fraction of sp³-hybridized carbons (Fsp3) is 0.333. The summed E-state index contributed by atoms with van der Waals surface area (Å²) in [5.74, 6) is -0.284. The summed E-state index contributed by atoms with van der Waals surface area (Å²) in [6.07, 6.45) is 2.88. The van der Waals surface area contributed by atoms with Crippen molar-refractivity contribution in [2.45, 2.75) is 37.8 Å². The van der Waals surface area contributed by atoms with Gasteiger partial charge in [0, 0.05) is 11.6 Å². The Hall–Kier alpha value is -3.00. The first-order valence-electron chi connectivity index (χ1n) is 8.61.